The number of amides is 2. The van der Waals surface area contributed by atoms with Gasteiger partial charge >= 0.3 is 0 Å². The van der Waals surface area contributed by atoms with E-state index in [9.17, 15) is 18.0 Å². The predicted octanol–water partition coefficient (Wildman–Crippen LogP) is 5.44. The van der Waals surface area contributed by atoms with Crippen molar-refractivity contribution in [1.29, 1.82) is 0 Å². The summed E-state index contributed by atoms with van der Waals surface area (Å²) < 4.78 is 28.6. The quantitative estimate of drug-likeness (QED) is 0.348. The highest BCUT2D eigenvalue weighted by Gasteiger charge is 2.32. The largest absolute Gasteiger partial charge is 0.352 e. The molecule has 10 heteroatoms. The van der Waals surface area contributed by atoms with Crippen molar-refractivity contribution in [2.45, 2.75) is 51.2 Å². The summed E-state index contributed by atoms with van der Waals surface area (Å²) in [5.41, 5.74) is 1.96. The molecule has 3 aromatic carbocycles. The standard InChI is InChI=1S/C28H31Cl2N3O4S/c1-19(2)31-28(35)21(4)32(17-22-6-5-7-24(30)16-22)27(34)18-33(25-12-8-20(3)9-13-25)38(36,37)26-14-10-23(29)11-15-26/h5-16,19,21H,17-18H2,1-4H3,(H,31,35)/t21-/m1/s1. The summed E-state index contributed by atoms with van der Waals surface area (Å²) in [6, 6.07) is 18.5. The number of rotatable bonds is 10. The number of nitrogens with one attached hydrogen (secondary N) is 1. The highest BCUT2D eigenvalue weighted by molar-refractivity contribution is 7.92. The number of hydrogen-bond donors (Lipinski definition) is 1. The Kier molecular flexibility index (Phi) is 9.82. The minimum Gasteiger partial charge on any atom is -0.352 e. The van der Waals surface area contributed by atoms with E-state index < -0.39 is 28.5 Å². The van der Waals surface area contributed by atoms with Gasteiger partial charge in [-0.15, -0.1) is 0 Å². The van der Waals surface area contributed by atoms with Gasteiger partial charge in [0, 0.05) is 22.6 Å². The van der Waals surface area contributed by atoms with Crippen LogP contribution in [0.1, 0.15) is 31.9 Å². The average molecular weight is 577 g/mol. The van der Waals surface area contributed by atoms with Crippen LogP contribution in [0.3, 0.4) is 0 Å². The van der Waals surface area contributed by atoms with Crippen molar-refractivity contribution >= 4 is 50.7 Å². The van der Waals surface area contributed by atoms with E-state index in [1.165, 1.54) is 29.2 Å². The highest BCUT2D eigenvalue weighted by Crippen LogP contribution is 2.26. The molecule has 0 heterocycles. The second kappa shape index (κ2) is 12.7. The van der Waals surface area contributed by atoms with Crippen LogP contribution >= 0.6 is 23.2 Å². The fourth-order valence-corrected chi connectivity index (χ4v) is 5.55. The van der Waals surface area contributed by atoms with E-state index in [0.717, 1.165) is 9.87 Å². The fourth-order valence-electron chi connectivity index (χ4n) is 3.79. The lowest BCUT2D eigenvalue weighted by atomic mass is 10.1. The number of halogens is 2. The van der Waals surface area contributed by atoms with Gasteiger partial charge in [-0.2, -0.15) is 0 Å². The number of anilines is 1. The molecule has 0 saturated heterocycles. The Labute approximate surface area is 234 Å². The summed E-state index contributed by atoms with van der Waals surface area (Å²) in [4.78, 5) is 28.1. The van der Waals surface area contributed by atoms with Crippen LogP contribution in [0, 0.1) is 6.92 Å². The van der Waals surface area contributed by atoms with E-state index in [2.05, 4.69) is 5.32 Å². The first kappa shape index (κ1) is 29.5. The average Bonchev–Trinajstić information content (AvgIpc) is 2.86. The van der Waals surface area contributed by atoms with Crippen molar-refractivity contribution in [3.05, 3.63) is 94.0 Å². The Morgan fingerprint density at radius 2 is 1.53 bits per heavy atom. The summed E-state index contributed by atoms with van der Waals surface area (Å²) in [5.74, 6) is -0.896. The SMILES string of the molecule is Cc1ccc(N(CC(=O)N(Cc2cccc(Cl)c2)[C@H](C)C(=O)NC(C)C)S(=O)(=O)c2ccc(Cl)cc2)cc1. The van der Waals surface area contributed by atoms with Crippen LogP contribution in [-0.4, -0.2) is 43.8 Å². The lowest BCUT2D eigenvalue weighted by Gasteiger charge is -2.32. The Bertz CT molecular complexity index is 1380. The maximum Gasteiger partial charge on any atom is 0.264 e. The van der Waals surface area contributed by atoms with Crippen molar-refractivity contribution in [2.75, 3.05) is 10.8 Å². The molecule has 1 N–H and O–H groups in total. The second-order valence-electron chi connectivity index (χ2n) is 9.29. The normalized spacial score (nSPS) is 12.2. The van der Waals surface area contributed by atoms with Gasteiger partial charge in [0.05, 0.1) is 10.6 Å². The fraction of sp³-hybridized carbons (Fsp3) is 0.286. The van der Waals surface area contributed by atoms with E-state index in [0.29, 0.717) is 21.3 Å². The molecule has 202 valence electrons. The first-order chi connectivity index (χ1) is 17.9. The van der Waals surface area contributed by atoms with Crippen LogP contribution in [-0.2, 0) is 26.2 Å². The zero-order valence-corrected chi connectivity index (χ0v) is 24.0. The summed E-state index contributed by atoms with van der Waals surface area (Å²) in [7, 11) is -4.15. The maximum absolute atomic E-state index is 13.8. The number of carbonyl (C=O) groups excluding carboxylic acids is 2. The number of benzene rings is 3. The third kappa shape index (κ3) is 7.49. The van der Waals surface area contributed by atoms with E-state index in [1.807, 2.05) is 20.8 Å². The Morgan fingerprint density at radius 1 is 0.895 bits per heavy atom. The molecule has 0 aliphatic heterocycles. The molecule has 0 saturated carbocycles. The molecule has 0 unspecified atom stereocenters. The molecule has 0 aliphatic rings. The molecule has 0 spiro atoms. The van der Waals surface area contributed by atoms with Crippen LogP contribution in [0.25, 0.3) is 0 Å². The van der Waals surface area contributed by atoms with Crippen LogP contribution in [0.2, 0.25) is 10.0 Å². The molecule has 0 aromatic heterocycles. The molecule has 3 rings (SSSR count). The monoisotopic (exact) mass is 575 g/mol. The molecule has 7 nitrogen and oxygen atoms in total. The Hall–Kier alpha value is -3.07. The van der Waals surface area contributed by atoms with Crippen LogP contribution < -0.4 is 9.62 Å². The Balaban J connectivity index is 2.02. The number of nitrogens with zero attached hydrogens (tertiary/aromatic N) is 2. The first-order valence-electron chi connectivity index (χ1n) is 12.1. The second-order valence-corrected chi connectivity index (χ2v) is 12.0. The van der Waals surface area contributed by atoms with Gasteiger partial charge in [0.25, 0.3) is 10.0 Å². The van der Waals surface area contributed by atoms with E-state index in [1.54, 1.807) is 55.5 Å². The summed E-state index contributed by atoms with van der Waals surface area (Å²) >= 11 is 12.1. The molecule has 1 atom stereocenters. The van der Waals surface area contributed by atoms with Crippen LogP contribution in [0.4, 0.5) is 5.69 Å². The van der Waals surface area contributed by atoms with Gasteiger partial charge in [0.1, 0.15) is 12.6 Å². The van der Waals surface area contributed by atoms with Crippen molar-refractivity contribution in [3.8, 4) is 0 Å². The molecule has 38 heavy (non-hydrogen) atoms. The first-order valence-corrected chi connectivity index (χ1v) is 14.3. The molecule has 0 radical (unpaired) electrons. The van der Waals surface area contributed by atoms with Gasteiger partial charge in [-0.1, -0.05) is 53.0 Å². The predicted molar refractivity (Wildman–Crippen MR) is 152 cm³/mol. The molecular formula is C28H31Cl2N3O4S. The zero-order valence-electron chi connectivity index (χ0n) is 21.7. The molecular weight excluding hydrogens is 545 g/mol. The number of hydrogen-bond acceptors (Lipinski definition) is 4. The molecule has 2 amide bonds. The van der Waals surface area contributed by atoms with E-state index in [-0.39, 0.29) is 23.4 Å². The van der Waals surface area contributed by atoms with Gasteiger partial charge in [-0.05, 0) is 81.8 Å². The van der Waals surface area contributed by atoms with Gasteiger partial charge < -0.3 is 10.2 Å². The van der Waals surface area contributed by atoms with Crippen LogP contribution in [0.5, 0.6) is 0 Å². The lowest BCUT2D eigenvalue weighted by molar-refractivity contribution is -0.139. The Morgan fingerprint density at radius 3 is 2.11 bits per heavy atom. The van der Waals surface area contributed by atoms with Gasteiger partial charge in [-0.3, -0.25) is 13.9 Å². The highest BCUT2D eigenvalue weighted by atomic mass is 35.5. The minimum atomic E-state index is -4.15. The smallest absolute Gasteiger partial charge is 0.264 e. The third-order valence-corrected chi connectivity index (χ3v) is 8.12. The lowest BCUT2D eigenvalue weighted by Crippen LogP contribution is -2.52. The van der Waals surface area contributed by atoms with Crippen molar-refractivity contribution in [3.63, 3.8) is 0 Å². The zero-order chi connectivity index (χ0) is 28.0. The number of sulfonamides is 1. The minimum absolute atomic E-state index is 0.0118. The molecule has 0 fully saturated rings. The number of aryl methyl sites for hydroxylation is 1. The summed E-state index contributed by atoms with van der Waals surface area (Å²) in [6.07, 6.45) is 0. The summed E-state index contributed by atoms with van der Waals surface area (Å²) in [5, 5.41) is 3.70. The van der Waals surface area contributed by atoms with Gasteiger partial charge in [-0.25, -0.2) is 8.42 Å². The van der Waals surface area contributed by atoms with E-state index >= 15 is 0 Å². The topological polar surface area (TPSA) is 86.8 Å². The molecule has 3 aromatic rings. The number of carbonyl (C=O) groups is 2. The van der Waals surface area contributed by atoms with E-state index in [4.69, 9.17) is 23.2 Å². The summed E-state index contributed by atoms with van der Waals surface area (Å²) in [6.45, 7) is 6.69. The van der Waals surface area contributed by atoms with Gasteiger partial charge in [0.15, 0.2) is 0 Å². The molecule has 0 bridgehead atoms. The van der Waals surface area contributed by atoms with Crippen LogP contribution in [0.15, 0.2) is 77.7 Å². The van der Waals surface area contributed by atoms with Gasteiger partial charge in [0.2, 0.25) is 11.8 Å². The van der Waals surface area contributed by atoms with Crippen molar-refractivity contribution in [1.82, 2.24) is 10.2 Å². The third-order valence-electron chi connectivity index (χ3n) is 5.84. The molecule has 0 aliphatic carbocycles. The maximum atomic E-state index is 13.8. The van der Waals surface area contributed by atoms with Crippen molar-refractivity contribution < 1.29 is 18.0 Å². The van der Waals surface area contributed by atoms with Crippen molar-refractivity contribution in [2.24, 2.45) is 0 Å².